The molecule has 0 spiro atoms. The normalized spacial score (nSPS) is 21.1. The number of hydrogen-bond donors (Lipinski definition) is 2. The second-order valence-corrected chi connectivity index (χ2v) is 16.2. The predicted octanol–water partition coefficient (Wildman–Crippen LogP) is -0.556. The zero-order chi connectivity index (χ0) is 42.5. The minimum Gasteiger partial charge on any atom is -0.383 e. The third-order valence-corrected chi connectivity index (χ3v) is 10.6. The fraction of sp³-hybridized carbons (Fsp3) is 0. The first-order chi connectivity index (χ1) is 28.5. The molecular formula is C32H20N8O16S4. The summed E-state index contributed by atoms with van der Waals surface area (Å²) in [4.78, 5) is 20.9. The smallest absolute Gasteiger partial charge is 0.383 e. The van der Waals surface area contributed by atoms with Crippen molar-refractivity contribution in [2.24, 2.45) is 41.6 Å². The number of benzene rings is 4. The highest BCUT2D eigenvalue weighted by Crippen LogP contribution is 2.48. The average Bonchev–Trinajstić information content (AvgIpc) is 3.83. The first-order valence-corrected chi connectivity index (χ1v) is 21.4. The number of para-hydroxylation sites is 1. The molecule has 0 saturated carbocycles. The lowest BCUT2D eigenvalue weighted by Crippen LogP contribution is -2.34. The molecule has 2 bridgehead atoms. The SMILES string of the molecule is NC1=N/C=N/C(OS(=O)(=O)Oc2ccccc2)=N\OS(=O)(=O)O/C(N)=c2/c3c(c4c(/c2=C\N=C2N=C(N=Cc5ccccc51)c1ccccc12)OS(=O)(=O)O4)OS(=O)(=O)O3. The van der Waals surface area contributed by atoms with Gasteiger partial charge in [0.15, 0.2) is 11.7 Å². The molecule has 0 aromatic heterocycles. The monoisotopic (exact) mass is 900 g/mol. The largest absolute Gasteiger partial charge is 0.523 e. The van der Waals surface area contributed by atoms with Crippen molar-refractivity contribution in [2.75, 3.05) is 0 Å². The Hall–Kier alpha value is -7.56. The number of nitrogens with two attached hydrogens (primary N) is 2. The number of nitrogens with zero attached hydrogens (tertiary/aromatic N) is 6. The number of aliphatic imine (C=N–C) groups is 5. The highest BCUT2D eigenvalue weighted by Gasteiger charge is 2.44. The highest BCUT2D eigenvalue weighted by atomic mass is 32.3. The highest BCUT2D eigenvalue weighted by molar-refractivity contribution is 7.83. The molecule has 0 fully saturated rings. The van der Waals surface area contributed by atoms with E-state index in [1.165, 1.54) is 30.5 Å². The first-order valence-electron chi connectivity index (χ1n) is 16.1. The molecule has 28 heteroatoms. The molecule has 4 aromatic rings. The fourth-order valence-electron chi connectivity index (χ4n) is 5.41. The van der Waals surface area contributed by atoms with Crippen LogP contribution in [0.25, 0.3) is 12.1 Å². The maximum atomic E-state index is 13.2. The van der Waals surface area contributed by atoms with E-state index in [9.17, 15) is 33.7 Å². The third-order valence-electron chi connectivity index (χ3n) is 7.73. The molecule has 4 N–H and O–H groups in total. The van der Waals surface area contributed by atoms with Crippen molar-refractivity contribution >= 4 is 89.8 Å². The molecule has 0 radical (unpaired) electrons. The van der Waals surface area contributed by atoms with Gasteiger partial charge in [0.2, 0.25) is 28.9 Å². The van der Waals surface area contributed by atoms with Gasteiger partial charge in [-0.15, -0.1) is 33.7 Å². The van der Waals surface area contributed by atoms with Crippen LogP contribution in [0.5, 0.6) is 28.7 Å². The number of rotatable bonds is 3. The van der Waals surface area contributed by atoms with Crippen LogP contribution in [0.2, 0.25) is 0 Å². The molecule has 0 amide bonds. The summed E-state index contributed by atoms with van der Waals surface area (Å²) in [5, 5.41) is 1.61. The quantitative estimate of drug-likeness (QED) is 0.260. The van der Waals surface area contributed by atoms with Crippen LogP contribution < -0.4 is 42.8 Å². The van der Waals surface area contributed by atoms with E-state index in [0.717, 1.165) is 6.20 Å². The minimum absolute atomic E-state index is 0.0514. The Kier molecular flexibility index (Phi) is 9.60. The van der Waals surface area contributed by atoms with Gasteiger partial charge < -0.3 is 40.7 Å². The van der Waals surface area contributed by atoms with E-state index in [1.54, 1.807) is 54.6 Å². The van der Waals surface area contributed by atoms with E-state index >= 15 is 0 Å². The van der Waals surface area contributed by atoms with Gasteiger partial charge in [-0.3, -0.25) is 0 Å². The maximum absolute atomic E-state index is 13.2. The van der Waals surface area contributed by atoms with Crippen LogP contribution in [0.3, 0.4) is 0 Å². The van der Waals surface area contributed by atoms with E-state index in [2.05, 4.69) is 34.4 Å². The molecule has 0 saturated heterocycles. The second-order valence-electron chi connectivity index (χ2n) is 11.6. The molecule has 308 valence electrons. The van der Waals surface area contributed by atoms with Crippen molar-refractivity contribution in [1.29, 1.82) is 0 Å². The Morgan fingerprint density at radius 2 is 1.20 bits per heavy atom. The molecule has 0 unspecified atom stereocenters. The van der Waals surface area contributed by atoms with Gasteiger partial charge in [0.25, 0.3) is 0 Å². The van der Waals surface area contributed by atoms with Gasteiger partial charge in [0, 0.05) is 39.8 Å². The minimum atomic E-state index is -5.62. The Morgan fingerprint density at radius 1 is 0.600 bits per heavy atom. The average molecular weight is 901 g/mol. The van der Waals surface area contributed by atoms with Gasteiger partial charge in [-0.2, -0.15) is 4.99 Å². The zero-order valence-electron chi connectivity index (χ0n) is 29.2. The van der Waals surface area contributed by atoms with Gasteiger partial charge >= 0.3 is 47.6 Å². The van der Waals surface area contributed by atoms with Gasteiger partial charge in [0.1, 0.15) is 17.9 Å². The lowest BCUT2D eigenvalue weighted by atomic mass is 10.1. The lowest BCUT2D eigenvalue weighted by molar-refractivity contribution is 0.265. The van der Waals surface area contributed by atoms with E-state index < -0.39 is 86.9 Å². The van der Waals surface area contributed by atoms with Gasteiger partial charge in [-0.1, -0.05) is 66.7 Å². The number of fused-ring (bicyclic) bond motifs is 11. The molecule has 0 aliphatic carbocycles. The molecule has 24 nitrogen and oxygen atoms in total. The van der Waals surface area contributed by atoms with Crippen molar-refractivity contribution in [2.45, 2.75) is 0 Å². The summed E-state index contributed by atoms with van der Waals surface area (Å²) < 4.78 is 140. The van der Waals surface area contributed by atoms with Crippen LogP contribution in [0.4, 0.5) is 0 Å². The van der Waals surface area contributed by atoms with Crippen molar-refractivity contribution in [3.63, 3.8) is 0 Å². The Bertz CT molecular complexity index is 3300. The van der Waals surface area contributed by atoms with Crippen molar-refractivity contribution < 1.29 is 67.2 Å². The van der Waals surface area contributed by atoms with Crippen LogP contribution in [0.15, 0.2) is 109 Å². The van der Waals surface area contributed by atoms with E-state index in [1.807, 2.05) is 0 Å². The van der Waals surface area contributed by atoms with Crippen molar-refractivity contribution in [3.05, 3.63) is 112 Å². The van der Waals surface area contributed by atoms with Crippen LogP contribution >= 0.6 is 0 Å². The summed E-state index contributed by atoms with van der Waals surface area (Å²) in [6.07, 6.45) is 2.88. The summed E-state index contributed by atoms with van der Waals surface area (Å²) >= 11 is 0. The zero-order valence-corrected chi connectivity index (χ0v) is 32.5. The Labute approximate surface area is 337 Å². The summed E-state index contributed by atoms with van der Waals surface area (Å²) in [7, 11) is -20.7. The molecule has 0 atom stereocenters. The van der Waals surface area contributed by atoms with Crippen molar-refractivity contribution in [3.8, 4) is 28.7 Å². The van der Waals surface area contributed by atoms with Crippen LogP contribution in [0, 0.1) is 0 Å². The number of amidine groups is 4. The van der Waals surface area contributed by atoms with Gasteiger partial charge in [-0.05, 0) is 12.1 Å². The van der Waals surface area contributed by atoms with Gasteiger partial charge in [0.05, 0.1) is 10.4 Å². The van der Waals surface area contributed by atoms with Crippen LogP contribution in [-0.2, 0) is 54.2 Å². The molecule has 4 aliphatic rings. The third kappa shape index (κ3) is 8.09. The van der Waals surface area contributed by atoms with Crippen LogP contribution in [0.1, 0.15) is 22.3 Å². The summed E-state index contributed by atoms with van der Waals surface area (Å²) in [6, 6.07) is 18.6. The predicted molar refractivity (Wildman–Crippen MR) is 206 cm³/mol. The summed E-state index contributed by atoms with van der Waals surface area (Å²) in [6.45, 7) is 0. The molecular weight excluding hydrogens is 881 g/mol. The van der Waals surface area contributed by atoms with Crippen LogP contribution in [-0.4, -0.2) is 69.8 Å². The number of oxime groups is 1. The Morgan fingerprint density at radius 3 is 1.92 bits per heavy atom. The summed E-state index contributed by atoms with van der Waals surface area (Å²) in [5.41, 5.74) is 13.9. The number of hydrogen-bond acceptors (Lipinski definition) is 24. The van der Waals surface area contributed by atoms with E-state index in [0.29, 0.717) is 23.0 Å². The lowest BCUT2D eigenvalue weighted by Gasteiger charge is -2.08. The molecule has 4 aromatic carbocycles. The standard InChI is InChI=1S/C32H20N8O16S4/c33-28-19-11-5-4-8-17(19)14-35-30-20-12-6-7-13-21(20)31(39-30)36-15-22-23(25-27(53-59(45,46)51-25)26-24(22)50-58(43,44)52-26)29(34)54-60(47,48)56-40-32(38-16-37-28)55-57(41,42)49-18-9-2-1-3-10-18/h1-16H,34H2,(H2,33,37,38,40)/b22-15-,29-23+,35-14?,36-31?. The maximum Gasteiger partial charge on any atom is 0.523 e. The van der Waals surface area contributed by atoms with Crippen molar-refractivity contribution in [1.82, 2.24) is 0 Å². The van der Waals surface area contributed by atoms with Gasteiger partial charge in [-0.25, -0.2) is 24.3 Å². The summed E-state index contributed by atoms with van der Waals surface area (Å²) in [5.74, 6) is -5.26. The molecule has 8 rings (SSSR count). The molecule has 4 aliphatic heterocycles. The van der Waals surface area contributed by atoms with E-state index in [-0.39, 0.29) is 28.8 Å². The first kappa shape index (κ1) is 39.3. The molecule has 60 heavy (non-hydrogen) atoms. The topological polar surface area (TPSA) is 337 Å². The molecule has 4 heterocycles. The fourth-order valence-corrected chi connectivity index (χ4v) is 8.05. The second kappa shape index (κ2) is 14.7. The Balaban J connectivity index is 1.35. The van der Waals surface area contributed by atoms with E-state index in [4.69, 9.17) is 40.7 Å².